The monoisotopic (exact) mass is 382 g/mol. The SMILES string of the molecule is c1cc2c(cc1OCCCN1CCCCC1)CCC2N1CCC2CCCCC21. The van der Waals surface area contributed by atoms with Crippen molar-refractivity contribution < 1.29 is 4.74 Å². The molecule has 2 heterocycles. The van der Waals surface area contributed by atoms with Gasteiger partial charge in [-0.1, -0.05) is 25.3 Å². The Kier molecular flexibility index (Phi) is 5.92. The fourth-order valence-electron chi connectivity index (χ4n) is 6.50. The van der Waals surface area contributed by atoms with Gasteiger partial charge in [-0.05, 0) is 100 Å². The predicted molar refractivity (Wildman–Crippen MR) is 115 cm³/mol. The average Bonchev–Trinajstić information content (AvgIpc) is 3.35. The summed E-state index contributed by atoms with van der Waals surface area (Å²) >= 11 is 0. The van der Waals surface area contributed by atoms with Gasteiger partial charge >= 0.3 is 0 Å². The molecule has 3 nitrogen and oxygen atoms in total. The van der Waals surface area contributed by atoms with Crippen LogP contribution >= 0.6 is 0 Å². The topological polar surface area (TPSA) is 15.7 Å². The van der Waals surface area contributed by atoms with Crippen LogP contribution in [0.3, 0.4) is 0 Å². The van der Waals surface area contributed by atoms with Crippen LogP contribution in [0.5, 0.6) is 5.75 Å². The van der Waals surface area contributed by atoms with E-state index in [4.69, 9.17) is 4.74 Å². The zero-order valence-electron chi connectivity index (χ0n) is 17.6. The Bertz CT molecular complexity index is 654. The third-order valence-corrected chi connectivity index (χ3v) is 7.95. The number of hydrogen-bond donors (Lipinski definition) is 0. The summed E-state index contributed by atoms with van der Waals surface area (Å²) < 4.78 is 6.13. The summed E-state index contributed by atoms with van der Waals surface area (Å²) in [6, 6.07) is 8.53. The summed E-state index contributed by atoms with van der Waals surface area (Å²) in [4.78, 5) is 5.49. The van der Waals surface area contributed by atoms with Gasteiger partial charge in [0.1, 0.15) is 5.75 Å². The normalized spacial score (nSPS) is 30.9. The highest BCUT2D eigenvalue weighted by Crippen LogP contribution is 2.45. The number of ether oxygens (including phenoxy) is 1. The second kappa shape index (κ2) is 8.75. The van der Waals surface area contributed by atoms with Crippen LogP contribution in [0.2, 0.25) is 0 Å². The minimum absolute atomic E-state index is 0.677. The van der Waals surface area contributed by atoms with Crippen molar-refractivity contribution in [3.63, 3.8) is 0 Å². The van der Waals surface area contributed by atoms with Crippen LogP contribution in [0.25, 0.3) is 0 Å². The summed E-state index contributed by atoms with van der Waals surface area (Å²) in [5.41, 5.74) is 3.16. The van der Waals surface area contributed by atoms with Crippen molar-refractivity contribution in [3.8, 4) is 5.75 Å². The Morgan fingerprint density at radius 1 is 0.893 bits per heavy atom. The molecule has 0 spiro atoms. The third-order valence-electron chi connectivity index (χ3n) is 7.95. The molecule has 0 bridgehead atoms. The Balaban J connectivity index is 1.15. The van der Waals surface area contributed by atoms with Gasteiger partial charge in [0.2, 0.25) is 0 Å². The van der Waals surface area contributed by atoms with Gasteiger partial charge in [-0.3, -0.25) is 4.90 Å². The highest BCUT2D eigenvalue weighted by molar-refractivity contribution is 5.41. The molecule has 0 aromatic heterocycles. The van der Waals surface area contributed by atoms with Crippen molar-refractivity contribution in [2.24, 2.45) is 5.92 Å². The first-order valence-electron chi connectivity index (χ1n) is 12.1. The molecule has 0 N–H and O–H groups in total. The molecule has 5 rings (SSSR count). The quantitative estimate of drug-likeness (QED) is 0.630. The molecule has 2 aliphatic heterocycles. The van der Waals surface area contributed by atoms with E-state index in [1.165, 1.54) is 90.4 Å². The fraction of sp³-hybridized carbons (Fsp3) is 0.760. The third kappa shape index (κ3) is 3.98. The lowest BCUT2D eigenvalue weighted by molar-refractivity contribution is 0.132. The number of nitrogens with zero attached hydrogens (tertiary/aromatic N) is 2. The van der Waals surface area contributed by atoms with E-state index in [1.54, 1.807) is 11.1 Å². The molecule has 0 amide bonds. The second-order valence-electron chi connectivity index (χ2n) is 9.66. The van der Waals surface area contributed by atoms with Crippen molar-refractivity contribution in [2.75, 3.05) is 32.8 Å². The maximum absolute atomic E-state index is 6.13. The Morgan fingerprint density at radius 3 is 2.71 bits per heavy atom. The molecule has 4 aliphatic rings. The smallest absolute Gasteiger partial charge is 0.119 e. The molecule has 28 heavy (non-hydrogen) atoms. The van der Waals surface area contributed by atoms with E-state index in [9.17, 15) is 0 Å². The summed E-state index contributed by atoms with van der Waals surface area (Å²) in [7, 11) is 0. The molecule has 3 heteroatoms. The van der Waals surface area contributed by atoms with E-state index in [1.807, 2.05) is 0 Å². The van der Waals surface area contributed by atoms with Crippen molar-refractivity contribution in [1.82, 2.24) is 9.80 Å². The molecule has 2 saturated heterocycles. The van der Waals surface area contributed by atoms with Crippen LogP contribution in [0.4, 0.5) is 0 Å². The maximum atomic E-state index is 6.13. The van der Waals surface area contributed by atoms with Crippen molar-refractivity contribution in [2.45, 2.75) is 82.7 Å². The molecule has 1 aromatic carbocycles. The zero-order valence-corrected chi connectivity index (χ0v) is 17.6. The first-order chi connectivity index (χ1) is 13.9. The van der Waals surface area contributed by atoms with E-state index < -0.39 is 0 Å². The fourth-order valence-corrected chi connectivity index (χ4v) is 6.50. The molecule has 1 aromatic rings. The molecule has 154 valence electrons. The van der Waals surface area contributed by atoms with Gasteiger partial charge < -0.3 is 9.64 Å². The number of rotatable bonds is 6. The van der Waals surface area contributed by atoms with Gasteiger partial charge in [0.05, 0.1) is 6.61 Å². The van der Waals surface area contributed by atoms with Crippen LogP contribution in [0.1, 0.15) is 81.4 Å². The van der Waals surface area contributed by atoms with Gasteiger partial charge in [-0.15, -0.1) is 0 Å². The predicted octanol–water partition coefficient (Wildman–Crippen LogP) is 5.19. The standard InChI is InChI=1S/C25H38N2O/c1-4-14-26(15-5-1)16-6-18-28-22-10-11-23-21(19-22)9-12-25(23)27-17-13-20-7-2-3-8-24(20)27/h10-11,19-20,24-25H,1-9,12-18H2. The van der Waals surface area contributed by atoms with Gasteiger partial charge in [0.15, 0.2) is 0 Å². The van der Waals surface area contributed by atoms with Crippen LogP contribution in [0.15, 0.2) is 18.2 Å². The summed E-state index contributed by atoms with van der Waals surface area (Å²) in [5.74, 6) is 2.08. The Morgan fingerprint density at radius 2 is 1.79 bits per heavy atom. The minimum Gasteiger partial charge on any atom is -0.494 e. The molecule has 3 fully saturated rings. The maximum Gasteiger partial charge on any atom is 0.119 e. The molecule has 3 unspecified atom stereocenters. The van der Waals surface area contributed by atoms with Gasteiger partial charge in [0, 0.05) is 18.6 Å². The van der Waals surface area contributed by atoms with E-state index in [2.05, 4.69) is 28.0 Å². The molecule has 2 aliphatic carbocycles. The number of likely N-dealkylation sites (tertiary alicyclic amines) is 2. The first-order valence-corrected chi connectivity index (χ1v) is 12.1. The lowest BCUT2D eigenvalue weighted by atomic mass is 9.85. The van der Waals surface area contributed by atoms with Crippen LogP contribution < -0.4 is 4.74 Å². The van der Waals surface area contributed by atoms with Gasteiger partial charge in [-0.2, -0.15) is 0 Å². The van der Waals surface area contributed by atoms with Crippen molar-refractivity contribution >= 4 is 0 Å². The van der Waals surface area contributed by atoms with Crippen LogP contribution in [-0.4, -0.2) is 48.6 Å². The highest BCUT2D eigenvalue weighted by atomic mass is 16.5. The van der Waals surface area contributed by atoms with Gasteiger partial charge in [0.25, 0.3) is 0 Å². The van der Waals surface area contributed by atoms with E-state index in [0.29, 0.717) is 6.04 Å². The van der Waals surface area contributed by atoms with Crippen molar-refractivity contribution in [1.29, 1.82) is 0 Å². The number of aryl methyl sites for hydroxylation is 1. The van der Waals surface area contributed by atoms with Crippen molar-refractivity contribution in [3.05, 3.63) is 29.3 Å². The second-order valence-corrected chi connectivity index (χ2v) is 9.66. The summed E-state index contributed by atoms with van der Waals surface area (Å²) in [6.07, 6.45) is 15.1. The lowest BCUT2D eigenvalue weighted by Crippen LogP contribution is -2.36. The molecule has 0 radical (unpaired) electrons. The lowest BCUT2D eigenvalue weighted by Gasteiger charge is -2.36. The molecular formula is C25H38N2O. The Labute approximate surface area is 171 Å². The molecule has 3 atom stereocenters. The minimum atomic E-state index is 0.677. The zero-order chi connectivity index (χ0) is 18.8. The summed E-state index contributed by atoms with van der Waals surface area (Å²) in [5, 5.41) is 0. The van der Waals surface area contributed by atoms with E-state index >= 15 is 0 Å². The molecular weight excluding hydrogens is 344 g/mol. The van der Waals surface area contributed by atoms with E-state index in [0.717, 1.165) is 30.7 Å². The first kappa shape index (κ1) is 18.9. The number of hydrogen-bond acceptors (Lipinski definition) is 3. The van der Waals surface area contributed by atoms with Gasteiger partial charge in [-0.25, -0.2) is 0 Å². The van der Waals surface area contributed by atoms with Crippen LogP contribution in [-0.2, 0) is 6.42 Å². The number of benzene rings is 1. The largest absolute Gasteiger partial charge is 0.494 e. The number of piperidine rings is 1. The average molecular weight is 383 g/mol. The highest BCUT2D eigenvalue weighted by Gasteiger charge is 2.41. The number of fused-ring (bicyclic) bond motifs is 2. The summed E-state index contributed by atoms with van der Waals surface area (Å²) in [6.45, 7) is 5.96. The van der Waals surface area contributed by atoms with Crippen LogP contribution in [0, 0.1) is 5.92 Å². The Hall–Kier alpha value is -1.06. The van der Waals surface area contributed by atoms with E-state index in [-0.39, 0.29) is 0 Å². The molecule has 1 saturated carbocycles.